The molecule has 2 atom stereocenters. The third kappa shape index (κ3) is 3.99. The van der Waals surface area contributed by atoms with Crippen LogP contribution < -0.4 is 9.47 Å². The molecule has 0 aliphatic heterocycles. The lowest BCUT2D eigenvalue weighted by Gasteiger charge is -2.34. The van der Waals surface area contributed by atoms with Crippen molar-refractivity contribution in [2.45, 2.75) is 31.5 Å². The summed E-state index contributed by atoms with van der Waals surface area (Å²) in [4.78, 5) is 0. The summed E-state index contributed by atoms with van der Waals surface area (Å²) in [5, 5.41) is 18.9. The van der Waals surface area contributed by atoms with Crippen LogP contribution in [-0.2, 0) is 5.41 Å². The predicted molar refractivity (Wildman–Crippen MR) is 138 cm³/mol. The van der Waals surface area contributed by atoms with Crippen molar-refractivity contribution in [1.82, 2.24) is 0 Å². The Labute approximate surface area is 206 Å². The quantitative estimate of drug-likeness (QED) is 0.314. The first-order valence-corrected chi connectivity index (χ1v) is 12.0. The first kappa shape index (κ1) is 23.2. The Hall–Kier alpha value is -3.60. The van der Waals surface area contributed by atoms with Crippen LogP contribution in [0.3, 0.4) is 0 Å². The van der Waals surface area contributed by atoms with Crippen LogP contribution in [0.2, 0.25) is 0 Å². The van der Waals surface area contributed by atoms with E-state index in [1.165, 1.54) is 22.3 Å². The smallest absolute Gasteiger partial charge is 0.120 e. The van der Waals surface area contributed by atoms with Gasteiger partial charge in [-0.05, 0) is 71.5 Å². The Kier molecular flexibility index (Phi) is 6.33. The summed E-state index contributed by atoms with van der Waals surface area (Å²) in [6, 6.07) is 33.5. The number of benzene rings is 4. The highest BCUT2D eigenvalue weighted by atomic mass is 16.5. The van der Waals surface area contributed by atoms with Crippen molar-refractivity contribution in [2.24, 2.45) is 0 Å². The van der Waals surface area contributed by atoms with Crippen LogP contribution in [0.15, 0.2) is 97.1 Å². The SMILES string of the molecule is CC(CO)Oc1ccc(C2(c3cccc(OC(C)CO)c3)c3ccccc3-c3ccccc32)cc1. The van der Waals surface area contributed by atoms with E-state index in [1.54, 1.807) is 0 Å². The maximum absolute atomic E-state index is 9.52. The van der Waals surface area contributed by atoms with Gasteiger partial charge in [-0.15, -0.1) is 0 Å². The van der Waals surface area contributed by atoms with Gasteiger partial charge in [-0.3, -0.25) is 0 Å². The van der Waals surface area contributed by atoms with Crippen LogP contribution in [0.5, 0.6) is 11.5 Å². The lowest BCUT2D eigenvalue weighted by Crippen LogP contribution is -2.28. The third-order valence-corrected chi connectivity index (χ3v) is 6.70. The highest BCUT2D eigenvalue weighted by Crippen LogP contribution is 2.56. The van der Waals surface area contributed by atoms with Gasteiger partial charge in [0.15, 0.2) is 0 Å². The standard InChI is InChI=1S/C31H30O4/c1-21(19-32)34-25-16-14-23(15-17-25)31(24-8-7-9-26(18-24)35-22(2)20-33)29-12-5-3-10-27(29)28-11-4-6-13-30(28)31/h3-18,21-22,32-33H,19-20H2,1-2H3. The maximum atomic E-state index is 9.52. The van der Waals surface area contributed by atoms with E-state index in [4.69, 9.17) is 9.47 Å². The fraction of sp³-hybridized carbons (Fsp3) is 0.226. The highest BCUT2D eigenvalue weighted by Gasteiger charge is 2.46. The molecular weight excluding hydrogens is 436 g/mol. The molecule has 4 aromatic rings. The number of fused-ring (bicyclic) bond motifs is 3. The summed E-state index contributed by atoms with van der Waals surface area (Å²) in [6.07, 6.45) is -0.570. The first-order chi connectivity index (χ1) is 17.1. The second-order valence-corrected chi connectivity index (χ2v) is 9.12. The van der Waals surface area contributed by atoms with Crippen LogP contribution in [0.4, 0.5) is 0 Å². The summed E-state index contributed by atoms with van der Waals surface area (Å²) in [7, 11) is 0. The number of ether oxygens (including phenoxy) is 2. The number of aliphatic hydroxyl groups excluding tert-OH is 2. The number of hydrogen-bond acceptors (Lipinski definition) is 4. The predicted octanol–water partition coefficient (Wildman–Crippen LogP) is 5.57. The highest BCUT2D eigenvalue weighted by molar-refractivity contribution is 5.86. The molecule has 0 amide bonds. The molecule has 4 nitrogen and oxygen atoms in total. The van der Waals surface area contributed by atoms with Gasteiger partial charge in [-0.1, -0.05) is 72.8 Å². The van der Waals surface area contributed by atoms with E-state index >= 15 is 0 Å². The van der Waals surface area contributed by atoms with Gasteiger partial charge in [0.25, 0.3) is 0 Å². The average Bonchev–Trinajstić information content (AvgIpc) is 3.20. The fourth-order valence-electron chi connectivity index (χ4n) is 5.15. The van der Waals surface area contributed by atoms with E-state index < -0.39 is 5.41 Å². The molecule has 0 heterocycles. The van der Waals surface area contributed by atoms with Gasteiger partial charge in [0.1, 0.15) is 23.7 Å². The topological polar surface area (TPSA) is 58.9 Å². The van der Waals surface area contributed by atoms with Crippen LogP contribution in [0.1, 0.15) is 36.1 Å². The maximum Gasteiger partial charge on any atom is 0.120 e. The van der Waals surface area contributed by atoms with E-state index in [2.05, 4.69) is 72.8 Å². The molecule has 0 spiro atoms. The minimum atomic E-state index is -0.546. The van der Waals surface area contributed by atoms with E-state index in [1.807, 2.05) is 38.1 Å². The van der Waals surface area contributed by atoms with E-state index in [0.717, 1.165) is 22.6 Å². The molecule has 0 fully saturated rings. The van der Waals surface area contributed by atoms with Gasteiger partial charge >= 0.3 is 0 Å². The van der Waals surface area contributed by atoms with Crippen molar-refractivity contribution in [2.75, 3.05) is 13.2 Å². The van der Waals surface area contributed by atoms with Crippen LogP contribution in [0, 0.1) is 0 Å². The van der Waals surface area contributed by atoms with Crippen molar-refractivity contribution in [3.05, 3.63) is 119 Å². The van der Waals surface area contributed by atoms with E-state index in [-0.39, 0.29) is 25.4 Å². The molecule has 0 radical (unpaired) electrons. The molecule has 2 unspecified atom stereocenters. The van der Waals surface area contributed by atoms with E-state index in [0.29, 0.717) is 0 Å². The Bertz CT molecular complexity index is 1270. The molecule has 1 aliphatic rings. The normalized spacial score (nSPS) is 15.1. The molecular formula is C31H30O4. The third-order valence-electron chi connectivity index (χ3n) is 6.70. The molecule has 0 saturated heterocycles. The Morgan fingerprint density at radius 3 is 1.71 bits per heavy atom. The van der Waals surface area contributed by atoms with Crippen molar-refractivity contribution in [1.29, 1.82) is 0 Å². The minimum absolute atomic E-state index is 0.0362. The summed E-state index contributed by atoms with van der Waals surface area (Å²) in [6.45, 7) is 3.62. The molecule has 35 heavy (non-hydrogen) atoms. The molecule has 178 valence electrons. The first-order valence-electron chi connectivity index (χ1n) is 12.0. The molecule has 2 N–H and O–H groups in total. The minimum Gasteiger partial charge on any atom is -0.488 e. The summed E-state index contributed by atoms with van der Waals surface area (Å²) in [5.74, 6) is 1.45. The zero-order chi connectivity index (χ0) is 24.4. The number of rotatable bonds is 8. The van der Waals surface area contributed by atoms with Crippen LogP contribution in [0.25, 0.3) is 11.1 Å². The Morgan fingerprint density at radius 2 is 1.14 bits per heavy atom. The molecule has 5 rings (SSSR count). The zero-order valence-corrected chi connectivity index (χ0v) is 20.0. The van der Waals surface area contributed by atoms with Gasteiger partial charge < -0.3 is 19.7 Å². The summed E-state index contributed by atoms with van der Waals surface area (Å²) >= 11 is 0. The van der Waals surface area contributed by atoms with Crippen molar-refractivity contribution in [3.8, 4) is 22.6 Å². The van der Waals surface area contributed by atoms with Gasteiger partial charge in [0.05, 0.1) is 18.6 Å². The Morgan fingerprint density at radius 1 is 0.600 bits per heavy atom. The van der Waals surface area contributed by atoms with Gasteiger partial charge in [0.2, 0.25) is 0 Å². The molecule has 4 heteroatoms. The average molecular weight is 467 g/mol. The van der Waals surface area contributed by atoms with Gasteiger partial charge in [0, 0.05) is 0 Å². The van der Waals surface area contributed by atoms with Crippen molar-refractivity contribution >= 4 is 0 Å². The second kappa shape index (κ2) is 9.57. The summed E-state index contributed by atoms with van der Waals surface area (Å²) in [5.41, 5.74) is 6.52. The van der Waals surface area contributed by atoms with Crippen molar-refractivity contribution < 1.29 is 19.7 Å². The Balaban J connectivity index is 1.74. The second-order valence-electron chi connectivity index (χ2n) is 9.12. The van der Waals surface area contributed by atoms with E-state index in [9.17, 15) is 10.2 Å². The lowest BCUT2D eigenvalue weighted by molar-refractivity contribution is 0.129. The zero-order valence-electron chi connectivity index (χ0n) is 20.0. The molecule has 4 aromatic carbocycles. The number of hydrogen-bond donors (Lipinski definition) is 2. The molecule has 1 aliphatic carbocycles. The molecule has 0 bridgehead atoms. The fourth-order valence-corrected chi connectivity index (χ4v) is 5.15. The lowest BCUT2D eigenvalue weighted by atomic mass is 9.67. The number of aliphatic hydroxyl groups is 2. The van der Waals surface area contributed by atoms with Crippen molar-refractivity contribution in [3.63, 3.8) is 0 Å². The van der Waals surface area contributed by atoms with Gasteiger partial charge in [-0.2, -0.15) is 0 Å². The van der Waals surface area contributed by atoms with Crippen LogP contribution in [-0.4, -0.2) is 35.6 Å². The molecule has 0 saturated carbocycles. The largest absolute Gasteiger partial charge is 0.488 e. The molecule has 0 aromatic heterocycles. The van der Waals surface area contributed by atoms with Crippen LogP contribution >= 0.6 is 0 Å². The summed E-state index contributed by atoms with van der Waals surface area (Å²) < 4.78 is 11.8. The monoisotopic (exact) mass is 466 g/mol. The van der Waals surface area contributed by atoms with Gasteiger partial charge in [-0.25, -0.2) is 0 Å².